The Balaban J connectivity index is 0.963. The van der Waals surface area contributed by atoms with E-state index >= 15 is 0 Å². The fourth-order valence-electron chi connectivity index (χ4n) is 9.68. The third kappa shape index (κ3) is 8.71. The van der Waals surface area contributed by atoms with E-state index in [1.807, 2.05) is 50.1 Å². The molecule has 3 fully saturated rings. The summed E-state index contributed by atoms with van der Waals surface area (Å²) < 4.78 is 6.50. The van der Waals surface area contributed by atoms with Crippen LogP contribution >= 0.6 is 11.6 Å². The van der Waals surface area contributed by atoms with Gasteiger partial charge >= 0.3 is 6.01 Å². The maximum absolute atomic E-state index is 14.0. The fraction of sp³-hybridized carbons (Fsp3) is 0.468. The molecule has 62 heavy (non-hydrogen) atoms. The number of phenols is 2. The third-order valence-electron chi connectivity index (χ3n) is 13.2. The predicted molar refractivity (Wildman–Crippen MR) is 240 cm³/mol. The molecule has 3 aromatic carbocycles. The van der Waals surface area contributed by atoms with Crippen molar-refractivity contribution in [2.75, 3.05) is 75.8 Å². The van der Waals surface area contributed by atoms with Crippen LogP contribution in [-0.4, -0.2) is 136 Å². The van der Waals surface area contributed by atoms with Crippen molar-refractivity contribution >= 4 is 45.7 Å². The minimum Gasteiger partial charge on any atom is -0.508 e. The molecule has 3 saturated heterocycles. The number of likely N-dealkylation sites (tertiary alicyclic amines) is 1. The number of rotatable bonds is 11. The molecule has 0 unspecified atom stereocenters. The molecule has 3 atom stereocenters. The van der Waals surface area contributed by atoms with E-state index in [1.54, 1.807) is 4.90 Å². The van der Waals surface area contributed by atoms with Crippen molar-refractivity contribution in [3.05, 3.63) is 88.6 Å². The number of aromatic hydroxyl groups is 2. The molecule has 0 radical (unpaired) electrons. The van der Waals surface area contributed by atoms with Gasteiger partial charge in [-0.2, -0.15) is 15.2 Å². The lowest BCUT2D eigenvalue weighted by Gasteiger charge is -2.42. The van der Waals surface area contributed by atoms with Gasteiger partial charge in [0.25, 0.3) is 0 Å². The highest BCUT2D eigenvalue weighted by atomic mass is 35.5. The number of likely N-dealkylation sites (N-methyl/N-ethyl adjacent to an activating group) is 1. The Hall–Kier alpha value is -5.62. The van der Waals surface area contributed by atoms with Crippen molar-refractivity contribution in [1.82, 2.24) is 29.6 Å². The van der Waals surface area contributed by atoms with Crippen molar-refractivity contribution < 1.29 is 24.5 Å². The summed E-state index contributed by atoms with van der Waals surface area (Å²) in [4.78, 5) is 49.3. The molecule has 2 amide bonds. The number of amides is 2. The minimum absolute atomic E-state index is 0.0243. The summed E-state index contributed by atoms with van der Waals surface area (Å²) in [7, 11) is 1.99. The van der Waals surface area contributed by atoms with E-state index in [-0.39, 0.29) is 59.8 Å². The van der Waals surface area contributed by atoms with Gasteiger partial charge in [-0.15, -0.1) is 0 Å². The van der Waals surface area contributed by atoms with E-state index in [9.17, 15) is 25.1 Å². The highest BCUT2D eigenvalue weighted by Gasteiger charge is 2.39. The van der Waals surface area contributed by atoms with Gasteiger partial charge < -0.3 is 34.5 Å². The second kappa shape index (κ2) is 18.4. The van der Waals surface area contributed by atoms with E-state index in [0.717, 1.165) is 64.0 Å². The Labute approximate surface area is 368 Å². The first-order chi connectivity index (χ1) is 29.9. The highest BCUT2D eigenvalue weighted by Crippen LogP contribution is 2.38. The average Bonchev–Trinajstić information content (AvgIpc) is 3.65. The zero-order valence-electron chi connectivity index (χ0n) is 35.8. The van der Waals surface area contributed by atoms with Gasteiger partial charge in [0.2, 0.25) is 11.8 Å². The van der Waals surface area contributed by atoms with Crippen molar-refractivity contribution in [2.24, 2.45) is 0 Å². The fourth-order valence-corrected chi connectivity index (χ4v) is 9.96. The zero-order valence-corrected chi connectivity index (χ0v) is 36.6. The lowest BCUT2D eigenvalue weighted by Crippen LogP contribution is -2.55. The van der Waals surface area contributed by atoms with Crippen LogP contribution in [0.25, 0.3) is 10.8 Å². The van der Waals surface area contributed by atoms with Crippen molar-refractivity contribution in [1.29, 1.82) is 5.26 Å². The summed E-state index contributed by atoms with van der Waals surface area (Å²) in [5.74, 6) is 1.02. The van der Waals surface area contributed by atoms with Gasteiger partial charge in [0, 0.05) is 93.2 Å². The van der Waals surface area contributed by atoms with E-state index < -0.39 is 0 Å². The number of fused-ring (bicyclic) bond motifs is 2. The summed E-state index contributed by atoms with van der Waals surface area (Å²) in [6, 6.07) is 17.4. The standard InChI is InChI=1S/C47H56ClN9O5/c1-5-43(60)57-23-22-56(27-33(57)14-16-49)45-35-15-17-55(39-11-7-9-31-8-6-10-37(48)44(31)39)28-38(35)50-47(51-45)62-29-34-12-13-40(52(34)4)46(61)54-20-18-53(19-21-54)26-32-24-36(30(2)3)42(59)25-41(32)58/h5-11,24-25,30,33-34,40,58-59H,1,12-15,17-23,26-29H2,2-4H3/t33-,34-,40+/m0/s1. The Morgan fingerprint density at radius 1 is 0.984 bits per heavy atom. The van der Waals surface area contributed by atoms with Crippen LogP contribution in [0.5, 0.6) is 17.5 Å². The molecule has 0 bridgehead atoms. The number of carbonyl (C=O) groups excluding carboxylic acids is 2. The van der Waals surface area contributed by atoms with Crippen LogP contribution in [0.2, 0.25) is 5.02 Å². The van der Waals surface area contributed by atoms with Gasteiger partial charge in [0.15, 0.2) is 0 Å². The van der Waals surface area contributed by atoms with Gasteiger partial charge in [-0.3, -0.25) is 19.4 Å². The predicted octanol–water partition coefficient (Wildman–Crippen LogP) is 5.68. The minimum atomic E-state index is -0.317. The first-order valence-corrected chi connectivity index (χ1v) is 22.1. The van der Waals surface area contributed by atoms with Crippen LogP contribution < -0.4 is 14.5 Å². The number of hydrogen-bond donors (Lipinski definition) is 2. The number of phenolic OH excluding ortho intramolecular Hbond substituents is 2. The summed E-state index contributed by atoms with van der Waals surface area (Å²) in [6.07, 6.45) is 3.68. The number of nitrogens with zero attached hydrogens (tertiary/aromatic N) is 9. The molecule has 0 saturated carbocycles. The van der Waals surface area contributed by atoms with Crippen LogP contribution in [0, 0.1) is 11.3 Å². The maximum Gasteiger partial charge on any atom is 0.318 e. The molecule has 8 rings (SSSR count). The molecule has 5 heterocycles. The summed E-state index contributed by atoms with van der Waals surface area (Å²) in [6.45, 7) is 13.8. The first-order valence-electron chi connectivity index (χ1n) is 21.7. The number of aromatic nitrogens is 2. The summed E-state index contributed by atoms with van der Waals surface area (Å²) in [5, 5.41) is 33.3. The highest BCUT2D eigenvalue weighted by molar-refractivity contribution is 6.36. The van der Waals surface area contributed by atoms with E-state index in [4.69, 9.17) is 26.3 Å². The van der Waals surface area contributed by atoms with Crippen molar-refractivity contribution in [2.45, 2.75) is 76.7 Å². The number of ether oxygens (including phenoxy) is 1. The molecule has 0 aliphatic carbocycles. The number of hydrogen-bond acceptors (Lipinski definition) is 12. The van der Waals surface area contributed by atoms with Gasteiger partial charge in [0.1, 0.15) is 23.9 Å². The van der Waals surface area contributed by atoms with Crippen LogP contribution in [0.3, 0.4) is 0 Å². The van der Waals surface area contributed by atoms with E-state index in [0.29, 0.717) is 77.0 Å². The van der Waals surface area contributed by atoms with Gasteiger partial charge in [-0.25, -0.2) is 0 Å². The molecule has 15 heteroatoms. The maximum atomic E-state index is 14.0. The Kier molecular flexibility index (Phi) is 12.8. The van der Waals surface area contributed by atoms with Crippen LogP contribution in [0.4, 0.5) is 11.5 Å². The van der Waals surface area contributed by atoms with Crippen LogP contribution in [0.15, 0.2) is 61.2 Å². The Morgan fingerprint density at radius 3 is 2.50 bits per heavy atom. The normalized spacial score (nSPS) is 21.0. The number of nitriles is 1. The lowest BCUT2D eigenvalue weighted by atomic mass is 9.98. The quantitative estimate of drug-likeness (QED) is 0.179. The molecule has 326 valence electrons. The van der Waals surface area contributed by atoms with Crippen molar-refractivity contribution in [3.8, 4) is 23.6 Å². The van der Waals surface area contributed by atoms with E-state index in [1.165, 1.54) is 12.1 Å². The molecular formula is C47H56ClN9O5. The zero-order chi connectivity index (χ0) is 43.7. The largest absolute Gasteiger partial charge is 0.508 e. The monoisotopic (exact) mass is 861 g/mol. The molecule has 4 aliphatic rings. The second-order valence-electron chi connectivity index (χ2n) is 17.3. The van der Waals surface area contributed by atoms with Gasteiger partial charge in [-0.1, -0.05) is 56.3 Å². The lowest BCUT2D eigenvalue weighted by molar-refractivity contribution is -0.138. The molecule has 4 aliphatic heterocycles. The SMILES string of the molecule is C=CC(=O)N1CCN(c2nc(OC[C@@H]3CC[C@H](C(=O)N4CCN(Cc5cc(C(C)C)c(O)cc5O)CC4)N3C)nc3c2CCN(c2cccc4cccc(Cl)c24)C3)C[C@@H]1CC#N. The van der Waals surface area contributed by atoms with Crippen LogP contribution in [0.1, 0.15) is 61.4 Å². The molecule has 4 aromatic rings. The number of piperazine rings is 2. The number of benzene rings is 3. The Bertz CT molecular complexity index is 2370. The van der Waals surface area contributed by atoms with E-state index in [2.05, 4.69) is 50.4 Å². The summed E-state index contributed by atoms with van der Waals surface area (Å²) in [5.41, 5.74) is 4.51. The van der Waals surface area contributed by atoms with Crippen LogP contribution in [-0.2, 0) is 29.1 Å². The Morgan fingerprint density at radius 2 is 1.76 bits per heavy atom. The average molecular weight is 862 g/mol. The second-order valence-corrected chi connectivity index (χ2v) is 17.7. The van der Waals surface area contributed by atoms with Gasteiger partial charge in [0.05, 0.1) is 41.8 Å². The number of halogens is 1. The number of carbonyl (C=O) groups is 2. The topological polar surface area (TPSA) is 153 Å². The first kappa shape index (κ1) is 43.0. The molecule has 1 aromatic heterocycles. The smallest absolute Gasteiger partial charge is 0.318 e. The summed E-state index contributed by atoms with van der Waals surface area (Å²) >= 11 is 6.78. The molecule has 2 N–H and O–H groups in total. The third-order valence-corrected chi connectivity index (χ3v) is 13.5. The molecule has 0 spiro atoms. The van der Waals surface area contributed by atoms with Crippen molar-refractivity contribution in [3.63, 3.8) is 0 Å². The molecule has 14 nitrogen and oxygen atoms in total. The number of anilines is 2. The van der Waals surface area contributed by atoms with Gasteiger partial charge in [-0.05, 0) is 67.5 Å². The molecular weight excluding hydrogens is 806 g/mol.